The van der Waals surface area contributed by atoms with Crippen LogP contribution in [0.1, 0.15) is 18.1 Å². The van der Waals surface area contributed by atoms with Gasteiger partial charge in [0.1, 0.15) is 0 Å². The van der Waals surface area contributed by atoms with Crippen LogP contribution in [0.5, 0.6) is 0 Å². The Labute approximate surface area is 147 Å². The van der Waals surface area contributed by atoms with E-state index in [4.69, 9.17) is 16.3 Å². The number of rotatable bonds is 5. The molecule has 1 amide bonds. The normalized spacial score (nSPS) is 11.1. The van der Waals surface area contributed by atoms with Crippen LogP contribution in [0.2, 0.25) is 5.02 Å². The molecule has 0 fully saturated rings. The van der Waals surface area contributed by atoms with Crippen molar-refractivity contribution in [3.05, 3.63) is 58.6 Å². The minimum Gasteiger partial charge on any atom is -0.450 e. The molecule has 0 aliphatic rings. The predicted molar refractivity (Wildman–Crippen MR) is 90.9 cm³/mol. The highest BCUT2D eigenvalue weighted by molar-refractivity contribution is 6.33. The first-order valence-corrected chi connectivity index (χ1v) is 7.80. The van der Waals surface area contributed by atoms with Crippen LogP contribution in [0.3, 0.4) is 0 Å². The molecule has 0 aliphatic carbocycles. The summed E-state index contributed by atoms with van der Waals surface area (Å²) in [4.78, 5) is 11.4. The Kier molecular flexibility index (Phi) is 6.14. The smallest absolute Gasteiger partial charge is 0.416 e. The number of carbonyl (C=O) groups excluding carboxylic acids is 1. The van der Waals surface area contributed by atoms with Crippen LogP contribution in [-0.4, -0.2) is 12.7 Å². The molecule has 4 nitrogen and oxygen atoms in total. The maximum Gasteiger partial charge on any atom is 0.416 e. The van der Waals surface area contributed by atoms with Crippen molar-refractivity contribution in [1.82, 2.24) is 0 Å². The summed E-state index contributed by atoms with van der Waals surface area (Å²) in [5.41, 5.74) is 1.08. The number of anilines is 2. The van der Waals surface area contributed by atoms with E-state index in [0.717, 1.165) is 17.7 Å². The minimum absolute atomic E-state index is 0.249. The molecule has 2 N–H and O–H groups in total. The van der Waals surface area contributed by atoms with Crippen LogP contribution in [0.15, 0.2) is 42.5 Å². The van der Waals surface area contributed by atoms with E-state index in [9.17, 15) is 18.0 Å². The van der Waals surface area contributed by atoms with Gasteiger partial charge < -0.3 is 10.1 Å². The molecule has 2 aromatic carbocycles. The van der Waals surface area contributed by atoms with E-state index >= 15 is 0 Å². The van der Waals surface area contributed by atoms with Gasteiger partial charge in [-0.3, -0.25) is 5.32 Å². The SMILES string of the molecule is CCOC(=O)Nc1ccc(CNc2ccc(C(F)(F)F)cc2)cc1Cl. The number of alkyl halides is 3. The zero-order valence-corrected chi connectivity index (χ0v) is 14.0. The molecule has 0 saturated carbocycles. The number of carbonyl (C=O) groups is 1. The zero-order valence-electron chi connectivity index (χ0n) is 13.3. The fourth-order valence-electron chi connectivity index (χ4n) is 2.03. The number of halogens is 4. The van der Waals surface area contributed by atoms with Gasteiger partial charge in [0.25, 0.3) is 0 Å². The fraction of sp³-hybridized carbons (Fsp3) is 0.235. The highest BCUT2D eigenvalue weighted by Gasteiger charge is 2.29. The fourth-order valence-corrected chi connectivity index (χ4v) is 2.28. The molecule has 0 saturated heterocycles. The van der Waals surface area contributed by atoms with Gasteiger partial charge >= 0.3 is 12.3 Å². The van der Waals surface area contributed by atoms with Crippen molar-refractivity contribution in [2.45, 2.75) is 19.6 Å². The standard InChI is InChI=1S/C17H16ClF3N2O2/c1-2-25-16(24)23-15-8-3-11(9-14(15)18)10-22-13-6-4-12(5-7-13)17(19,20)21/h3-9,22H,2,10H2,1H3,(H,23,24). The van der Waals surface area contributed by atoms with Crippen molar-refractivity contribution in [3.8, 4) is 0 Å². The first kappa shape index (κ1) is 18.9. The van der Waals surface area contributed by atoms with Gasteiger partial charge in [-0.05, 0) is 48.9 Å². The van der Waals surface area contributed by atoms with Gasteiger partial charge in [0.2, 0.25) is 0 Å². The summed E-state index contributed by atoms with van der Waals surface area (Å²) in [6.45, 7) is 2.31. The lowest BCUT2D eigenvalue weighted by molar-refractivity contribution is -0.137. The Hall–Kier alpha value is -2.41. The summed E-state index contributed by atoms with van der Waals surface area (Å²) in [6.07, 6.45) is -4.95. The van der Waals surface area contributed by atoms with Crippen molar-refractivity contribution in [3.63, 3.8) is 0 Å². The van der Waals surface area contributed by atoms with Gasteiger partial charge in [-0.15, -0.1) is 0 Å². The molecule has 0 aliphatic heterocycles. The lowest BCUT2D eigenvalue weighted by atomic mass is 10.1. The molecule has 0 bridgehead atoms. The third-order valence-electron chi connectivity index (χ3n) is 3.25. The van der Waals surface area contributed by atoms with Crippen LogP contribution in [0, 0.1) is 0 Å². The number of hydrogen-bond acceptors (Lipinski definition) is 3. The molecule has 2 aromatic rings. The van der Waals surface area contributed by atoms with Crippen LogP contribution in [0.25, 0.3) is 0 Å². The van der Waals surface area contributed by atoms with E-state index in [0.29, 0.717) is 22.9 Å². The third-order valence-corrected chi connectivity index (χ3v) is 3.57. The summed E-state index contributed by atoms with van der Waals surface area (Å²) >= 11 is 6.10. The van der Waals surface area contributed by atoms with Crippen LogP contribution < -0.4 is 10.6 Å². The topological polar surface area (TPSA) is 50.4 Å². The van der Waals surface area contributed by atoms with E-state index in [2.05, 4.69) is 10.6 Å². The molecule has 0 heterocycles. The van der Waals surface area contributed by atoms with Crippen molar-refractivity contribution < 1.29 is 22.7 Å². The molecule has 0 aromatic heterocycles. The molecule has 0 unspecified atom stereocenters. The molecule has 0 atom stereocenters. The molecule has 25 heavy (non-hydrogen) atoms. The monoisotopic (exact) mass is 372 g/mol. The second-order valence-electron chi connectivity index (χ2n) is 5.09. The van der Waals surface area contributed by atoms with E-state index < -0.39 is 17.8 Å². The van der Waals surface area contributed by atoms with E-state index in [1.165, 1.54) is 12.1 Å². The molecule has 2 rings (SSSR count). The van der Waals surface area contributed by atoms with Crippen molar-refractivity contribution in [1.29, 1.82) is 0 Å². The molecular weight excluding hydrogens is 357 g/mol. The van der Waals surface area contributed by atoms with E-state index in [1.807, 2.05) is 0 Å². The van der Waals surface area contributed by atoms with Crippen LogP contribution in [-0.2, 0) is 17.5 Å². The van der Waals surface area contributed by atoms with Gasteiger partial charge in [-0.1, -0.05) is 17.7 Å². The Balaban J connectivity index is 1.97. The van der Waals surface area contributed by atoms with Gasteiger partial charge in [0.15, 0.2) is 0 Å². The van der Waals surface area contributed by atoms with E-state index in [1.54, 1.807) is 25.1 Å². The number of ether oxygens (including phenoxy) is 1. The number of hydrogen-bond donors (Lipinski definition) is 2. The summed E-state index contributed by atoms with van der Waals surface area (Å²) < 4.78 is 42.3. The maximum absolute atomic E-state index is 12.5. The summed E-state index contributed by atoms with van der Waals surface area (Å²) in [5.74, 6) is 0. The Morgan fingerprint density at radius 2 is 1.84 bits per heavy atom. The predicted octanol–water partition coefficient (Wildman–Crippen LogP) is 5.54. The van der Waals surface area contributed by atoms with Crippen molar-refractivity contribution in [2.75, 3.05) is 17.2 Å². The van der Waals surface area contributed by atoms with Crippen molar-refractivity contribution in [2.24, 2.45) is 0 Å². The Morgan fingerprint density at radius 1 is 1.16 bits per heavy atom. The average Bonchev–Trinajstić information content (AvgIpc) is 2.55. The summed E-state index contributed by atoms with van der Waals surface area (Å²) in [7, 11) is 0. The molecule has 0 spiro atoms. The van der Waals surface area contributed by atoms with Gasteiger partial charge in [0, 0.05) is 12.2 Å². The summed E-state index contributed by atoms with van der Waals surface area (Å²) in [6, 6.07) is 9.78. The van der Waals surface area contributed by atoms with Gasteiger partial charge in [-0.25, -0.2) is 4.79 Å². The number of nitrogens with one attached hydrogen (secondary N) is 2. The van der Waals surface area contributed by atoms with Crippen LogP contribution in [0.4, 0.5) is 29.3 Å². The molecule has 8 heteroatoms. The minimum atomic E-state index is -4.35. The average molecular weight is 373 g/mol. The second kappa shape index (κ2) is 8.11. The molecular formula is C17H16ClF3N2O2. The number of benzene rings is 2. The zero-order chi connectivity index (χ0) is 18.4. The maximum atomic E-state index is 12.5. The Bertz CT molecular complexity index is 734. The lowest BCUT2D eigenvalue weighted by Gasteiger charge is -2.11. The van der Waals surface area contributed by atoms with Gasteiger partial charge in [-0.2, -0.15) is 13.2 Å². The molecule has 134 valence electrons. The van der Waals surface area contributed by atoms with E-state index in [-0.39, 0.29) is 6.61 Å². The second-order valence-corrected chi connectivity index (χ2v) is 5.50. The first-order chi connectivity index (χ1) is 11.8. The molecule has 0 radical (unpaired) electrons. The van der Waals surface area contributed by atoms with Crippen molar-refractivity contribution >= 4 is 29.1 Å². The van der Waals surface area contributed by atoms with Crippen LogP contribution >= 0.6 is 11.6 Å². The lowest BCUT2D eigenvalue weighted by Crippen LogP contribution is -2.13. The highest BCUT2D eigenvalue weighted by Crippen LogP contribution is 2.30. The Morgan fingerprint density at radius 3 is 2.40 bits per heavy atom. The third kappa shape index (κ3) is 5.56. The highest BCUT2D eigenvalue weighted by atomic mass is 35.5. The van der Waals surface area contributed by atoms with Gasteiger partial charge in [0.05, 0.1) is 22.9 Å². The largest absolute Gasteiger partial charge is 0.450 e. The number of amides is 1. The first-order valence-electron chi connectivity index (χ1n) is 7.43. The quantitative estimate of drug-likeness (QED) is 0.724. The summed E-state index contributed by atoms with van der Waals surface area (Å²) in [5, 5.41) is 5.85.